The van der Waals surface area contributed by atoms with E-state index in [0.29, 0.717) is 5.56 Å². The normalized spacial score (nSPS) is 10.0. The molecule has 0 fully saturated rings. The van der Waals surface area contributed by atoms with Gasteiger partial charge in [-0.2, -0.15) is 0 Å². The number of benzene rings is 2. The minimum absolute atomic E-state index is 0. The van der Waals surface area contributed by atoms with E-state index in [1.54, 1.807) is 6.20 Å². The quantitative estimate of drug-likeness (QED) is 0.390. The number of pyridine rings is 1. The number of carbonyl (C=O) groups excluding carboxylic acids is 1. The van der Waals surface area contributed by atoms with E-state index in [9.17, 15) is 4.79 Å². The molecule has 0 saturated heterocycles. The molecule has 0 aliphatic carbocycles. The van der Waals surface area contributed by atoms with Gasteiger partial charge in [-0.15, -0.1) is 29.1 Å². The zero-order valence-corrected chi connectivity index (χ0v) is 15.9. The molecule has 0 aliphatic rings. The molecular weight excluding hydrogens is 462 g/mol. The smallest absolute Gasteiger partial charge is 0.166 e. The molecule has 3 heteroatoms. The van der Waals surface area contributed by atoms with Crippen molar-refractivity contribution in [3.63, 3.8) is 0 Å². The molecule has 1 radical (unpaired) electrons. The summed E-state index contributed by atoms with van der Waals surface area (Å²) in [7, 11) is 0. The van der Waals surface area contributed by atoms with Crippen LogP contribution < -0.4 is 0 Å². The van der Waals surface area contributed by atoms with Gasteiger partial charge in [-0.25, -0.2) is 0 Å². The molecule has 3 rings (SSSR count). The van der Waals surface area contributed by atoms with Crippen LogP contribution in [-0.4, -0.2) is 10.8 Å². The fourth-order valence-electron chi connectivity index (χ4n) is 2.40. The molecule has 23 heavy (non-hydrogen) atoms. The van der Waals surface area contributed by atoms with Gasteiger partial charge in [0.1, 0.15) is 0 Å². The molecule has 0 saturated carbocycles. The Kier molecular flexibility index (Phi) is 6.80. The summed E-state index contributed by atoms with van der Waals surface area (Å²) in [6, 6.07) is 19.1. The van der Waals surface area contributed by atoms with Crippen LogP contribution >= 0.6 is 0 Å². The third kappa shape index (κ3) is 3.93. The van der Waals surface area contributed by atoms with Crippen molar-refractivity contribution in [2.75, 3.05) is 0 Å². The average molecular weight is 482 g/mol. The van der Waals surface area contributed by atoms with Gasteiger partial charge in [-0.3, -0.25) is 4.79 Å². The molecule has 1 heterocycles. The van der Waals surface area contributed by atoms with Crippen LogP contribution in [0, 0.1) is 19.4 Å². The van der Waals surface area contributed by atoms with Crippen LogP contribution in [0.15, 0.2) is 54.7 Å². The summed E-state index contributed by atoms with van der Waals surface area (Å²) < 4.78 is 0. The molecule has 2 nitrogen and oxygen atoms in total. The fourth-order valence-corrected chi connectivity index (χ4v) is 2.40. The van der Waals surface area contributed by atoms with Crippen LogP contribution in [0.1, 0.15) is 24.2 Å². The zero-order chi connectivity index (χ0) is 14.8. The molecular formula is C20H19IrNO-2. The molecule has 1 aromatic heterocycles. The van der Waals surface area contributed by atoms with Crippen LogP contribution in [0.4, 0.5) is 0 Å². The van der Waals surface area contributed by atoms with Crippen LogP contribution in [0.3, 0.4) is 0 Å². The molecule has 0 atom stereocenters. The summed E-state index contributed by atoms with van der Waals surface area (Å²) in [5.41, 5.74) is 2.47. The van der Waals surface area contributed by atoms with Crippen molar-refractivity contribution in [3.05, 3.63) is 73.8 Å². The van der Waals surface area contributed by atoms with E-state index in [-0.39, 0.29) is 39.2 Å². The van der Waals surface area contributed by atoms with Crippen LogP contribution in [0.25, 0.3) is 22.0 Å². The Labute approximate surface area is 151 Å². The van der Waals surface area contributed by atoms with Crippen LogP contribution in [-0.2, 0) is 20.1 Å². The average Bonchev–Trinajstić information content (AvgIpc) is 2.53. The second kappa shape index (κ2) is 8.14. The fraction of sp³-hybridized carbons (Fsp3) is 0.150. The third-order valence-corrected chi connectivity index (χ3v) is 3.55. The number of rotatable bonds is 3. The van der Waals surface area contributed by atoms with Crippen LogP contribution in [0.2, 0.25) is 0 Å². The van der Waals surface area contributed by atoms with Gasteiger partial charge in [-0.1, -0.05) is 55.6 Å². The molecule has 0 N–H and O–H groups in total. The Morgan fingerprint density at radius 2 is 1.83 bits per heavy atom. The number of Topliss-reactive ketones (excluding diaryl/α,β-unsaturated/α-hetero) is 1. The number of ketones is 1. The van der Waals surface area contributed by atoms with Gasteiger partial charge in [0.2, 0.25) is 0 Å². The second-order valence-electron chi connectivity index (χ2n) is 5.39. The summed E-state index contributed by atoms with van der Waals surface area (Å²) in [6.07, 6.45) is 1.66. The summed E-state index contributed by atoms with van der Waals surface area (Å²) in [5, 5.41) is 2.28. The Balaban J connectivity index is 0.00000132. The molecule has 0 unspecified atom stereocenters. The number of nitrogens with zero attached hydrogens (tertiary/aromatic N) is 1. The van der Waals surface area contributed by atoms with E-state index in [1.807, 2.05) is 50.2 Å². The Bertz CT molecular complexity index is 789. The van der Waals surface area contributed by atoms with Gasteiger partial charge in [0.05, 0.1) is 0 Å². The monoisotopic (exact) mass is 482 g/mol. The summed E-state index contributed by atoms with van der Waals surface area (Å²) in [6.45, 7) is 3.80. The molecule has 121 valence electrons. The van der Waals surface area contributed by atoms with E-state index in [2.05, 4.69) is 23.2 Å². The number of hydrogen-bond donors (Lipinski definition) is 0. The van der Waals surface area contributed by atoms with Gasteiger partial charge >= 0.3 is 0 Å². The maximum atomic E-state index is 12.0. The topological polar surface area (TPSA) is 30.0 Å². The number of carbonyl (C=O) groups is 1. The molecule has 0 bridgehead atoms. The Morgan fingerprint density at radius 1 is 1.09 bits per heavy atom. The molecule has 3 aromatic rings. The van der Waals surface area contributed by atoms with Crippen LogP contribution in [0.5, 0.6) is 0 Å². The van der Waals surface area contributed by atoms with Crippen molar-refractivity contribution < 1.29 is 24.9 Å². The van der Waals surface area contributed by atoms with Gasteiger partial charge in [-0.05, 0) is 5.69 Å². The van der Waals surface area contributed by atoms with Crippen molar-refractivity contribution in [1.82, 2.24) is 4.98 Å². The minimum Gasteiger partial charge on any atom is -0.358 e. The molecule has 0 amide bonds. The van der Waals surface area contributed by atoms with E-state index >= 15 is 0 Å². The van der Waals surface area contributed by atoms with Crippen molar-refractivity contribution in [3.8, 4) is 11.3 Å². The maximum Gasteiger partial charge on any atom is 0.166 e. The molecule has 0 aliphatic heterocycles. The van der Waals surface area contributed by atoms with Crippen molar-refractivity contribution >= 4 is 16.6 Å². The van der Waals surface area contributed by atoms with Crippen molar-refractivity contribution in [2.45, 2.75) is 13.8 Å². The van der Waals surface area contributed by atoms with E-state index in [0.717, 1.165) is 22.0 Å². The first-order valence-electron chi connectivity index (χ1n) is 7.07. The Morgan fingerprint density at radius 3 is 2.48 bits per heavy atom. The predicted octanol–water partition coefficient (Wildman–Crippen LogP) is 4.99. The van der Waals surface area contributed by atoms with Gasteiger partial charge in [0.25, 0.3) is 0 Å². The standard InChI is InChI=1S/C19H16NO.CH3.Ir/c1-13(2)19(21)15-10-11-18(20-12-15)17-9-5-7-14-6-3-4-8-16(14)17;;/h3-8,10-13H,1-2H3;1H3;/q2*-1;. The molecule has 0 spiro atoms. The first-order chi connectivity index (χ1) is 10.2. The number of hydrogen-bond acceptors (Lipinski definition) is 2. The number of fused-ring (bicyclic) bond motifs is 1. The number of aromatic nitrogens is 1. The third-order valence-electron chi connectivity index (χ3n) is 3.55. The summed E-state index contributed by atoms with van der Waals surface area (Å²) in [4.78, 5) is 16.4. The SMILES string of the molecule is CC(C)C(=O)c1ccc(-c2[c-]ccc3ccccc23)nc1.[CH3-].[Ir]. The maximum absolute atomic E-state index is 12.0. The zero-order valence-electron chi connectivity index (χ0n) is 13.5. The predicted molar refractivity (Wildman–Crippen MR) is 91.6 cm³/mol. The first kappa shape index (κ1) is 19.2. The van der Waals surface area contributed by atoms with Crippen molar-refractivity contribution in [1.29, 1.82) is 0 Å². The van der Waals surface area contributed by atoms with E-state index in [4.69, 9.17) is 0 Å². The summed E-state index contributed by atoms with van der Waals surface area (Å²) in [5.74, 6) is 0.109. The van der Waals surface area contributed by atoms with Gasteiger partial charge in [0.15, 0.2) is 5.78 Å². The minimum atomic E-state index is -0.0123. The van der Waals surface area contributed by atoms with E-state index < -0.39 is 0 Å². The van der Waals surface area contributed by atoms with E-state index in [1.165, 1.54) is 0 Å². The first-order valence-corrected chi connectivity index (χ1v) is 7.07. The van der Waals surface area contributed by atoms with Gasteiger partial charge in [0, 0.05) is 37.8 Å². The summed E-state index contributed by atoms with van der Waals surface area (Å²) >= 11 is 0. The molecule has 2 aromatic carbocycles. The largest absolute Gasteiger partial charge is 0.358 e. The van der Waals surface area contributed by atoms with Crippen molar-refractivity contribution in [2.24, 2.45) is 5.92 Å². The van der Waals surface area contributed by atoms with Gasteiger partial charge < -0.3 is 12.4 Å². The Hall–Kier alpha value is -1.83. The second-order valence-corrected chi connectivity index (χ2v) is 5.39.